The van der Waals surface area contributed by atoms with Gasteiger partial charge in [-0.15, -0.1) is 0 Å². The number of anilines is 2. The minimum absolute atomic E-state index is 0.0328. The quantitative estimate of drug-likeness (QED) is 0.609. The highest BCUT2D eigenvalue weighted by Crippen LogP contribution is 2.28. The molecule has 3 heterocycles. The SMILES string of the molecule is COCC(=O)Nc1cccc(NC(=O)N2CCC(c3nc(-c4ccccn4)no3)CC2)c1. The average Bonchev–Trinajstić information content (AvgIpc) is 3.30. The Hall–Kier alpha value is -3.79. The third-order valence-electron chi connectivity index (χ3n) is 5.14. The molecule has 0 unspecified atom stereocenters. The topological polar surface area (TPSA) is 122 Å². The Balaban J connectivity index is 1.30. The Morgan fingerprint density at radius 2 is 1.91 bits per heavy atom. The zero-order valence-electron chi connectivity index (χ0n) is 17.7. The summed E-state index contributed by atoms with van der Waals surface area (Å²) >= 11 is 0. The number of rotatable bonds is 6. The molecule has 166 valence electrons. The van der Waals surface area contributed by atoms with Crippen molar-refractivity contribution in [1.82, 2.24) is 20.0 Å². The van der Waals surface area contributed by atoms with Gasteiger partial charge in [-0.25, -0.2) is 4.79 Å². The summed E-state index contributed by atoms with van der Waals surface area (Å²) in [5, 5.41) is 9.63. The largest absolute Gasteiger partial charge is 0.375 e. The predicted molar refractivity (Wildman–Crippen MR) is 117 cm³/mol. The summed E-state index contributed by atoms with van der Waals surface area (Å²) in [7, 11) is 1.46. The van der Waals surface area contributed by atoms with Crippen LogP contribution in [0.3, 0.4) is 0 Å². The van der Waals surface area contributed by atoms with E-state index in [1.54, 1.807) is 35.4 Å². The number of hydrogen-bond acceptors (Lipinski definition) is 7. The maximum Gasteiger partial charge on any atom is 0.321 e. The van der Waals surface area contributed by atoms with E-state index in [0.717, 1.165) is 12.8 Å². The van der Waals surface area contributed by atoms with Crippen LogP contribution >= 0.6 is 0 Å². The summed E-state index contributed by atoms with van der Waals surface area (Å²) in [6, 6.07) is 12.3. The third kappa shape index (κ3) is 5.27. The highest BCUT2D eigenvalue weighted by Gasteiger charge is 2.28. The van der Waals surface area contributed by atoms with Crippen LogP contribution in [0.25, 0.3) is 11.5 Å². The van der Waals surface area contributed by atoms with Gasteiger partial charge in [0.1, 0.15) is 12.3 Å². The number of ether oxygens (including phenoxy) is 1. The van der Waals surface area contributed by atoms with Crippen molar-refractivity contribution in [2.45, 2.75) is 18.8 Å². The molecule has 2 aromatic heterocycles. The molecule has 4 rings (SSSR count). The van der Waals surface area contributed by atoms with E-state index in [-0.39, 0.29) is 24.5 Å². The smallest absolute Gasteiger partial charge is 0.321 e. The van der Waals surface area contributed by atoms with E-state index in [1.165, 1.54) is 7.11 Å². The third-order valence-corrected chi connectivity index (χ3v) is 5.14. The Kier molecular flexibility index (Phi) is 6.71. The van der Waals surface area contributed by atoms with E-state index >= 15 is 0 Å². The van der Waals surface area contributed by atoms with Crippen LogP contribution in [-0.2, 0) is 9.53 Å². The van der Waals surface area contributed by atoms with Gasteiger partial charge in [0.2, 0.25) is 17.6 Å². The van der Waals surface area contributed by atoms with Gasteiger partial charge in [-0.05, 0) is 43.2 Å². The summed E-state index contributed by atoms with van der Waals surface area (Å²) < 4.78 is 10.3. The van der Waals surface area contributed by atoms with Gasteiger partial charge in [0.15, 0.2) is 0 Å². The molecule has 1 aliphatic rings. The van der Waals surface area contributed by atoms with Crippen molar-refractivity contribution in [3.63, 3.8) is 0 Å². The van der Waals surface area contributed by atoms with E-state index < -0.39 is 0 Å². The summed E-state index contributed by atoms with van der Waals surface area (Å²) in [5.74, 6) is 0.886. The number of pyridine rings is 1. The monoisotopic (exact) mass is 436 g/mol. The lowest BCUT2D eigenvalue weighted by Crippen LogP contribution is -2.40. The molecule has 3 amide bonds. The number of carbonyl (C=O) groups is 2. The molecule has 0 bridgehead atoms. The van der Waals surface area contributed by atoms with Gasteiger partial charge in [0.05, 0.1) is 0 Å². The Morgan fingerprint density at radius 3 is 2.62 bits per heavy atom. The minimum atomic E-state index is -0.259. The van der Waals surface area contributed by atoms with Gasteiger partial charge in [-0.2, -0.15) is 4.98 Å². The molecule has 0 atom stereocenters. The van der Waals surface area contributed by atoms with Gasteiger partial charge in [-0.1, -0.05) is 17.3 Å². The van der Waals surface area contributed by atoms with E-state index in [2.05, 4.69) is 25.8 Å². The molecular weight excluding hydrogens is 412 g/mol. The Morgan fingerprint density at radius 1 is 1.12 bits per heavy atom. The van der Waals surface area contributed by atoms with Crippen molar-refractivity contribution < 1.29 is 18.8 Å². The van der Waals surface area contributed by atoms with Crippen LogP contribution in [0.5, 0.6) is 0 Å². The Bertz CT molecular complexity index is 1060. The lowest BCUT2D eigenvalue weighted by Gasteiger charge is -2.30. The zero-order valence-corrected chi connectivity index (χ0v) is 17.7. The maximum atomic E-state index is 12.7. The van der Waals surface area contributed by atoms with Crippen molar-refractivity contribution in [2.24, 2.45) is 0 Å². The number of nitrogens with zero attached hydrogens (tertiary/aromatic N) is 4. The standard InChI is InChI=1S/C22H24N6O4/c1-31-14-19(29)24-16-5-4-6-17(13-16)25-22(30)28-11-8-15(9-12-28)21-26-20(27-32-21)18-7-2-3-10-23-18/h2-7,10,13,15H,8-9,11-12,14H2,1H3,(H,24,29)(H,25,30). The van der Waals surface area contributed by atoms with Gasteiger partial charge in [-0.3, -0.25) is 9.78 Å². The number of piperidine rings is 1. The molecule has 1 aromatic carbocycles. The molecule has 3 aromatic rings. The van der Waals surface area contributed by atoms with Crippen molar-refractivity contribution >= 4 is 23.3 Å². The number of carbonyl (C=O) groups excluding carboxylic acids is 2. The molecule has 10 nitrogen and oxygen atoms in total. The summed E-state index contributed by atoms with van der Waals surface area (Å²) in [4.78, 5) is 34.8. The van der Waals surface area contributed by atoms with E-state index in [9.17, 15) is 9.59 Å². The molecule has 32 heavy (non-hydrogen) atoms. The summed E-state index contributed by atoms with van der Waals surface area (Å²) in [6.45, 7) is 1.11. The number of aromatic nitrogens is 3. The normalized spacial score (nSPS) is 14.2. The van der Waals surface area contributed by atoms with Crippen LogP contribution in [0, 0.1) is 0 Å². The van der Waals surface area contributed by atoms with Crippen molar-refractivity contribution in [3.05, 3.63) is 54.6 Å². The fraction of sp³-hybridized carbons (Fsp3) is 0.318. The Labute approximate surface area is 185 Å². The fourth-order valence-corrected chi connectivity index (χ4v) is 3.54. The molecule has 1 fully saturated rings. The van der Waals surface area contributed by atoms with Crippen LogP contribution in [0.2, 0.25) is 0 Å². The van der Waals surface area contributed by atoms with Crippen LogP contribution < -0.4 is 10.6 Å². The molecule has 0 spiro atoms. The minimum Gasteiger partial charge on any atom is -0.375 e. The van der Waals surface area contributed by atoms with Crippen molar-refractivity contribution in [2.75, 3.05) is 37.4 Å². The molecular formula is C22H24N6O4. The number of amides is 3. The first-order valence-corrected chi connectivity index (χ1v) is 10.3. The molecule has 0 saturated carbocycles. The number of hydrogen-bond donors (Lipinski definition) is 2. The molecule has 0 aliphatic carbocycles. The van der Waals surface area contributed by atoms with E-state index in [1.807, 2.05) is 18.2 Å². The molecule has 1 aliphatic heterocycles. The summed E-state index contributed by atoms with van der Waals surface area (Å²) in [6.07, 6.45) is 3.14. The second kappa shape index (κ2) is 10.0. The second-order valence-corrected chi connectivity index (χ2v) is 7.42. The fourth-order valence-electron chi connectivity index (χ4n) is 3.54. The van der Waals surface area contributed by atoms with E-state index in [4.69, 9.17) is 9.26 Å². The molecule has 1 saturated heterocycles. The van der Waals surface area contributed by atoms with Crippen LogP contribution in [0.4, 0.5) is 16.2 Å². The lowest BCUT2D eigenvalue weighted by atomic mass is 9.97. The van der Waals surface area contributed by atoms with E-state index in [0.29, 0.717) is 41.9 Å². The number of urea groups is 1. The molecule has 0 radical (unpaired) electrons. The number of likely N-dealkylation sites (tertiary alicyclic amines) is 1. The first-order chi connectivity index (χ1) is 15.6. The summed E-state index contributed by atoms with van der Waals surface area (Å²) in [5.41, 5.74) is 1.85. The number of benzene rings is 1. The second-order valence-electron chi connectivity index (χ2n) is 7.42. The van der Waals surface area contributed by atoms with Crippen LogP contribution in [0.15, 0.2) is 53.2 Å². The van der Waals surface area contributed by atoms with Crippen LogP contribution in [-0.4, -0.2) is 58.8 Å². The predicted octanol–water partition coefficient (Wildman–Crippen LogP) is 3.13. The first kappa shape index (κ1) is 21.4. The molecule has 2 N–H and O–H groups in total. The number of methoxy groups -OCH3 is 1. The van der Waals surface area contributed by atoms with Crippen molar-refractivity contribution in [1.29, 1.82) is 0 Å². The van der Waals surface area contributed by atoms with Crippen molar-refractivity contribution in [3.8, 4) is 11.5 Å². The maximum absolute atomic E-state index is 12.7. The highest BCUT2D eigenvalue weighted by molar-refractivity contribution is 5.94. The highest BCUT2D eigenvalue weighted by atomic mass is 16.5. The average molecular weight is 436 g/mol. The number of nitrogens with one attached hydrogen (secondary N) is 2. The zero-order chi connectivity index (χ0) is 22.3. The molecule has 10 heteroatoms. The lowest BCUT2D eigenvalue weighted by molar-refractivity contribution is -0.119. The first-order valence-electron chi connectivity index (χ1n) is 10.3. The van der Waals surface area contributed by atoms with Gasteiger partial charge >= 0.3 is 6.03 Å². The van der Waals surface area contributed by atoms with Gasteiger partial charge < -0.3 is 24.8 Å². The van der Waals surface area contributed by atoms with Gasteiger partial charge in [0, 0.05) is 43.7 Å². The van der Waals surface area contributed by atoms with Crippen LogP contribution in [0.1, 0.15) is 24.7 Å². The van der Waals surface area contributed by atoms with Gasteiger partial charge in [0.25, 0.3) is 0 Å².